The highest BCUT2D eigenvalue weighted by molar-refractivity contribution is 5.78. The number of aryl methyl sites for hydroxylation is 1. The minimum Gasteiger partial charge on any atom is -0.486 e. The fourth-order valence-electron chi connectivity index (χ4n) is 4.81. The van der Waals surface area contributed by atoms with Crippen LogP contribution in [0.2, 0.25) is 0 Å². The molecule has 0 spiro atoms. The predicted molar refractivity (Wildman–Crippen MR) is 125 cm³/mol. The van der Waals surface area contributed by atoms with Gasteiger partial charge in [0.15, 0.2) is 11.5 Å². The van der Waals surface area contributed by atoms with Crippen LogP contribution < -0.4 is 14.2 Å². The fraction of sp³-hybridized carbons (Fsp3) is 0.462. The van der Waals surface area contributed by atoms with E-state index in [1.165, 1.54) is 31.0 Å². The Hall–Kier alpha value is -2.93. The second kappa shape index (κ2) is 9.91. The van der Waals surface area contributed by atoms with Gasteiger partial charge >= 0.3 is 0 Å². The molecule has 0 unspecified atom stereocenters. The number of likely N-dealkylation sites (tertiary alicyclic amines) is 1. The summed E-state index contributed by atoms with van der Waals surface area (Å²) in [5, 5.41) is 0. The van der Waals surface area contributed by atoms with Crippen molar-refractivity contribution in [1.29, 1.82) is 0 Å². The van der Waals surface area contributed by atoms with Crippen LogP contribution in [0, 0.1) is 11.7 Å². The van der Waals surface area contributed by atoms with Crippen LogP contribution in [0.15, 0.2) is 36.5 Å². The first-order valence-corrected chi connectivity index (χ1v) is 11.8. The zero-order chi connectivity index (χ0) is 22.6. The van der Waals surface area contributed by atoms with Crippen molar-refractivity contribution in [1.82, 2.24) is 14.9 Å². The van der Waals surface area contributed by atoms with E-state index in [2.05, 4.69) is 27.0 Å². The molecule has 2 aliphatic rings. The SMILES string of the molecule is COc1ccc2ncc(F)c(CCN3CCC(CCc4ccc5c(c4)OCCO5)CC3)c2n1. The second-order valence-corrected chi connectivity index (χ2v) is 8.86. The van der Waals surface area contributed by atoms with Crippen LogP contribution in [-0.2, 0) is 12.8 Å². The quantitative estimate of drug-likeness (QED) is 0.530. The molecule has 1 fully saturated rings. The summed E-state index contributed by atoms with van der Waals surface area (Å²) in [7, 11) is 1.57. The Morgan fingerprint density at radius 3 is 2.70 bits per heavy atom. The van der Waals surface area contributed by atoms with Crippen LogP contribution in [0.25, 0.3) is 11.0 Å². The average molecular weight is 452 g/mol. The van der Waals surface area contributed by atoms with E-state index >= 15 is 0 Å². The lowest BCUT2D eigenvalue weighted by atomic mass is 9.90. The molecule has 0 radical (unpaired) electrons. The molecule has 3 aromatic rings. The van der Waals surface area contributed by atoms with Crippen molar-refractivity contribution in [3.63, 3.8) is 0 Å². The minimum atomic E-state index is -0.294. The van der Waals surface area contributed by atoms with Gasteiger partial charge in [-0.2, -0.15) is 0 Å². The number of nitrogens with zero attached hydrogens (tertiary/aromatic N) is 3. The largest absolute Gasteiger partial charge is 0.486 e. The van der Waals surface area contributed by atoms with Crippen LogP contribution in [0.4, 0.5) is 4.39 Å². The average Bonchev–Trinajstić information content (AvgIpc) is 2.87. The van der Waals surface area contributed by atoms with Gasteiger partial charge in [0.05, 0.1) is 24.3 Å². The lowest BCUT2D eigenvalue weighted by Crippen LogP contribution is -2.35. The first-order chi connectivity index (χ1) is 16.2. The van der Waals surface area contributed by atoms with Crippen molar-refractivity contribution in [2.75, 3.05) is 40.0 Å². The lowest BCUT2D eigenvalue weighted by molar-refractivity contribution is 0.171. The van der Waals surface area contributed by atoms with Crippen molar-refractivity contribution in [3.8, 4) is 17.4 Å². The predicted octanol–water partition coefficient (Wildman–Crippen LogP) is 4.44. The monoisotopic (exact) mass is 451 g/mol. The summed E-state index contributed by atoms with van der Waals surface area (Å²) in [5.74, 6) is 2.63. The Balaban J connectivity index is 1.13. The summed E-state index contributed by atoms with van der Waals surface area (Å²) >= 11 is 0. The van der Waals surface area contributed by atoms with E-state index in [1.54, 1.807) is 13.2 Å². The van der Waals surface area contributed by atoms with Crippen LogP contribution in [-0.4, -0.2) is 54.8 Å². The Bertz CT molecular complexity index is 1120. The molecule has 0 aliphatic carbocycles. The molecule has 5 rings (SSSR count). The smallest absolute Gasteiger partial charge is 0.213 e. The molecule has 0 amide bonds. The van der Waals surface area contributed by atoms with E-state index in [-0.39, 0.29) is 5.82 Å². The number of fused-ring (bicyclic) bond motifs is 2. The Kier molecular flexibility index (Phi) is 6.58. The van der Waals surface area contributed by atoms with E-state index in [9.17, 15) is 4.39 Å². The molecular weight excluding hydrogens is 421 g/mol. The number of halogens is 1. The second-order valence-electron chi connectivity index (χ2n) is 8.86. The Morgan fingerprint density at radius 2 is 1.88 bits per heavy atom. The maximum atomic E-state index is 14.6. The van der Waals surface area contributed by atoms with Gasteiger partial charge in [-0.15, -0.1) is 0 Å². The van der Waals surface area contributed by atoms with Gasteiger partial charge in [0.2, 0.25) is 5.88 Å². The lowest BCUT2D eigenvalue weighted by Gasteiger charge is -2.32. The normalized spacial score (nSPS) is 16.8. The van der Waals surface area contributed by atoms with Crippen molar-refractivity contribution in [2.45, 2.75) is 32.1 Å². The standard InChI is InChI=1S/C26H30FN3O3/c1-31-25-7-5-22-26(29-25)20(21(27)17-28-22)10-13-30-11-8-18(9-12-30)2-3-19-4-6-23-24(16-19)33-15-14-32-23/h4-7,16-18H,2-3,8-15H2,1H3. The van der Waals surface area contributed by atoms with Gasteiger partial charge in [-0.1, -0.05) is 6.07 Å². The highest BCUT2D eigenvalue weighted by Crippen LogP contribution is 2.32. The summed E-state index contributed by atoms with van der Waals surface area (Å²) in [4.78, 5) is 11.1. The van der Waals surface area contributed by atoms with Gasteiger partial charge in [0.1, 0.15) is 19.0 Å². The first kappa shape index (κ1) is 21.9. The fourth-order valence-corrected chi connectivity index (χ4v) is 4.81. The zero-order valence-electron chi connectivity index (χ0n) is 19.1. The van der Waals surface area contributed by atoms with E-state index in [1.807, 2.05) is 12.1 Å². The van der Waals surface area contributed by atoms with Gasteiger partial charge in [0.25, 0.3) is 0 Å². The third-order valence-electron chi connectivity index (χ3n) is 6.78. The summed E-state index contributed by atoms with van der Waals surface area (Å²) in [6.07, 6.45) is 6.51. The summed E-state index contributed by atoms with van der Waals surface area (Å²) in [6.45, 7) is 4.17. The molecule has 2 aliphatic heterocycles. The van der Waals surface area contributed by atoms with Gasteiger partial charge in [0, 0.05) is 18.2 Å². The van der Waals surface area contributed by atoms with Gasteiger partial charge in [-0.3, -0.25) is 4.98 Å². The van der Waals surface area contributed by atoms with E-state index in [0.29, 0.717) is 42.1 Å². The number of hydrogen-bond acceptors (Lipinski definition) is 6. The van der Waals surface area contributed by atoms with E-state index < -0.39 is 0 Å². The van der Waals surface area contributed by atoms with Gasteiger partial charge in [-0.25, -0.2) is 9.37 Å². The number of rotatable bonds is 7. The highest BCUT2D eigenvalue weighted by atomic mass is 19.1. The molecule has 0 atom stereocenters. The van der Waals surface area contributed by atoms with Gasteiger partial charge < -0.3 is 19.1 Å². The number of methoxy groups -OCH3 is 1. The molecule has 1 saturated heterocycles. The Labute approximate surface area is 193 Å². The summed E-state index contributed by atoms with van der Waals surface area (Å²) in [5.41, 5.74) is 3.23. The first-order valence-electron chi connectivity index (χ1n) is 11.8. The molecular formula is C26H30FN3O3. The third kappa shape index (κ3) is 5.03. The van der Waals surface area contributed by atoms with Crippen LogP contribution in [0.5, 0.6) is 17.4 Å². The number of ether oxygens (including phenoxy) is 3. The number of pyridine rings is 2. The van der Waals surface area contributed by atoms with Crippen LogP contribution in [0.1, 0.15) is 30.4 Å². The molecule has 1 aromatic carbocycles. The minimum absolute atomic E-state index is 0.294. The van der Waals surface area contributed by atoms with Crippen molar-refractivity contribution >= 4 is 11.0 Å². The molecule has 2 aromatic heterocycles. The van der Waals surface area contributed by atoms with Crippen LogP contribution in [0.3, 0.4) is 0 Å². The molecule has 6 nitrogen and oxygen atoms in total. The zero-order valence-corrected chi connectivity index (χ0v) is 19.1. The molecule has 4 heterocycles. The van der Waals surface area contributed by atoms with Crippen molar-refractivity contribution in [3.05, 3.63) is 53.5 Å². The van der Waals surface area contributed by atoms with E-state index in [4.69, 9.17) is 14.2 Å². The van der Waals surface area contributed by atoms with Crippen molar-refractivity contribution < 1.29 is 18.6 Å². The molecule has 33 heavy (non-hydrogen) atoms. The van der Waals surface area contributed by atoms with Crippen LogP contribution >= 0.6 is 0 Å². The number of piperidine rings is 1. The maximum Gasteiger partial charge on any atom is 0.213 e. The molecule has 0 saturated carbocycles. The summed E-state index contributed by atoms with van der Waals surface area (Å²) < 4.78 is 31.1. The summed E-state index contributed by atoms with van der Waals surface area (Å²) in [6, 6.07) is 9.89. The molecule has 0 bridgehead atoms. The van der Waals surface area contributed by atoms with Crippen molar-refractivity contribution in [2.24, 2.45) is 5.92 Å². The molecule has 174 valence electrons. The van der Waals surface area contributed by atoms with Gasteiger partial charge in [-0.05, 0) is 74.9 Å². The third-order valence-corrected chi connectivity index (χ3v) is 6.78. The topological polar surface area (TPSA) is 56.7 Å². The highest BCUT2D eigenvalue weighted by Gasteiger charge is 2.21. The van der Waals surface area contributed by atoms with E-state index in [0.717, 1.165) is 43.5 Å². The molecule has 7 heteroatoms. The molecule has 0 N–H and O–H groups in total. The Morgan fingerprint density at radius 1 is 1.06 bits per heavy atom. The number of benzene rings is 1. The number of hydrogen-bond donors (Lipinski definition) is 0. The maximum absolute atomic E-state index is 14.6. The number of aromatic nitrogens is 2.